The summed E-state index contributed by atoms with van der Waals surface area (Å²) in [6.07, 6.45) is 1.33. The molecule has 21 heavy (non-hydrogen) atoms. The summed E-state index contributed by atoms with van der Waals surface area (Å²) in [6, 6.07) is 9.75. The molecule has 1 aromatic carbocycles. The molecule has 4 heteroatoms. The maximum Gasteiger partial charge on any atom is 0.321 e. The van der Waals surface area contributed by atoms with Crippen LogP contribution in [-0.2, 0) is 16.0 Å². The van der Waals surface area contributed by atoms with Crippen LogP contribution in [0.5, 0.6) is 0 Å². The highest BCUT2D eigenvalue weighted by Gasteiger charge is 2.52. The van der Waals surface area contributed by atoms with Gasteiger partial charge in [-0.15, -0.1) is 0 Å². The molecule has 0 saturated carbocycles. The predicted molar refractivity (Wildman–Crippen MR) is 81.1 cm³/mol. The van der Waals surface area contributed by atoms with Gasteiger partial charge in [0.2, 0.25) is 0 Å². The number of carboxylic acids is 2. The zero-order valence-electron chi connectivity index (χ0n) is 12.9. The van der Waals surface area contributed by atoms with Gasteiger partial charge in [-0.05, 0) is 36.7 Å². The summed E-state index contributed by atoms with van der Waals surface area (Å²) in [6.45, 7) is 5.43. The number of aliphatic carboxylic acids is 2. The van der Waals surface area contributed by atoms with Crippen molar-refractivity contribution in [2.24, 2.45) is 17.3 Å². The number of carbonyl (C=O) groups is 2. The minimum Gasteiger partial charge on any atom is -0.480 e. The summed E-state index contributed by atoms with van der Waals surface area (Å²) in [5, 5.41) is 19.1. The molecule has 1 atom stereocenters. The van der Waals surface area contributed by atoms with Gasteiger partial charge < -0.3 is 10.2 Å². The topological polar surface area (TPSA) is 74.6 Å². The molecule has 2 N–H and O–H groups in total. The monoisotopic (exact) mass is 292 g/mol. The summed E-state index contributed by atoms with van der Waals surface area (Å²) in [5.74, 6) is -2.88. The Morgan fingerprint density at radius 2 is 1.62 bits per heavy atom. The molecule has 0 fully saturated rings. The number of hydrogen-bond donors (Lipinski definition) is 2. The molecule has 0 heterocycles. The minimum absolute atomic E-state index is 0.0131. The van der Waals surface area contributed by atoms with Crippen molar-refractivity contribution in [1.29, 1.82) is 0 Å². The molecule has 0 bridgehead atoms. The molecule has 0 amide bonds. The van der Waals surface area contributed by atoms with Crippen molar-refractivity contribution in [3.8, 4) is 0 Å². The summed E-state index contributed by atoms with van der Waals surface area (Å²) < 4.78 is 0. The second-order valence-corrected chi connectivity index (χ2v) is 5.81. The number of hydrogen-bond acceptors (Lipinski definition) is 2. The third kappa shape index (κ3) is 3.63. The fourth-order valence-corrected chi connectivity index (χ4v) is 3.09. The Morgan fingerprint density at radius 3 is 2.00 bits per heavy atom. The van der Waals surface area contributed by atoms with Crippen LogP contribution in [0.4, 0.5) is 0 Å². The van der Waals surface area contributed by atoms with Crippen molar-refractivity contribution < 1.29 is 19.8 Å². The van der Waals surface area contributed by atoms with Gasteiger partial charge in [-0.3, -0.25) is 9.59 Å². The van der Waals surface area contributed by atoms with Crippen LogP contribution in [-0.4, -0.2) is 22.2 Å². The maximum absolute atomic E-state index is 11.7. The zero-order chi connectivity index (χ0) is 16.0. The van der Waals surface area contributed by atoms with E-state index in [9.17, 15) is 19.8 Å². The number of benzene rings is 1. The van der Waals surface area contributed by atoms with Crippen LogP contribution in [0.25, 0.3) is 0 Å². The Labute approximate surface area is 125 Å². The smallest absolute Gasteiger partial charge is 0.321 e. The van der Waals surface area contributed by atoms with Gasteiger partial charge in [-0.2, -0.15) is 0 Å². The van der Waals surface area contributed by atoms with E-state index in [1.165, 1.54) is 0 Å². The van der Waals surface area contributed by atoms with Crippen molar-refractivity contribution in [2.45, 2.75) is 40.0 Å². The minimum atomic E-state index is -1.71. The third-order valence-electron chi connectivity index (χ3n) is 4.35. The molecule has 0 radical (unpaired) electrons. The number of carboxylic acid groups (broad SMARTS) is 2. The summed E-state index contributed by atoms with van der Waals surface area (Å²) in [5.41, 5.74) is -0.605. The summed E-state index contributed by atoms with van der Waals surface area (Å²) >= 11 is 0. The molecule has 1 aromatic rings. The van der Waals surface area contributed by atoms with Crippen LogP contribution < -0.4 is 0 Å². The Hall–Kier alpha value is -1.84. The van der Waals surface area contributed by atoms with Crippen LogP contribution in [0.1, 0.15) is 39.2 Å². The van der Waals surface area contributed by atoms with Gasteiger partial charge >= 0.3 is 11.9 Å². The SMILES string of the molecule is CCC(C(=O)O)(C(=O)O)C(CCc1ccccc1)C(C)C. The third-order valence-corrected chi connectivity index (χ3v) is 4.35. The van der Waals surface area contributed by atoms with E-state index in [1.54, 1.807) is 6.92 Å². The van der Waals surface area contributed by atoms with Crippen LogP contribution in [0.2, 0.25) is 0 Å². The lowest BCUT2D eigenvalue weighted by Crippen LogP contribution is -2.47. The first-order chi connectivity index (χ1) is 9.86. The summed E-state index contributed by atoms with van der Waals surface area (Å²) in [7, 11) is 0. The standard InChI is InChI=1S/C17H24O4/c1-4-17(15(18)19,16(20)21)14(12(2)3)11-10-13-8-6-5-7-9-13/h5-9,12,14H,4,10-11H2,1-3H3,(H,18,19)(H,20,21). The predicted octanol–water partition coefficient (Wildman–Crippen LogP) is 3.46. The van der Waals surface area contributed by atoms with Gasteiger partial charge in [0, 0.05) is 0 Å². The Kier molecular flexibility index (Phi) is 5.94. The van der Waals surface area contributed by atoms with E-state index < -0.39 is 23.3 Å². The van der Waals surface area contributed by atoms with Gasteiger partial charge in [0.05, 0.1) is 0 Å². The molecule has 0 aliphatic carbocycles. The van der Waals surface area contributed by atoms with Crippen LogP contribution in [0.3, 0.4) is 0 Å². The zero-order valence-corrected chi connectivity index (χ0v) is 12.9. The first-order valence-corrected chi connectivity index (χ1v) is 7.37. The molecule has 1 rings (SSSR count). The molecule has 0 aromatic heterocycles. The van der Waals surface area contributed by atoms with E-state index in [-0.39, 0.29) is 12.3 Å². The average Bonchev–Trinajstić information content (AvgIpc) is 2.43. The normalized spacial score (nSPS) is 13.1. The van der Waals surface area contributed by atoms with Gasteiger partial charge in [0.1, 0.15) is 0 Å². The molecule has 0 aliphatic rings. The highest BCUT2D eigenvalue weighted by Crippen LogP contribution is 2.40. The first kappa shape index (κ1) is 17.2. The van der Waals surface area contributed by atoms with Crippen molar-refractivity contribution in [2.75, 3.05) is 0 Å². The van der Waals surface area contributed by atoms with Gasteiger partial charge in [0.25, 0.3) is 0 Å². The maximum atomic E-state index is 11.7. The Balaban J connectivity index is 3.03. The largest absolute Gasteiger partial charge is 0.480 e. The number of aryl methyl sites for hydroxylation is 1. The van der Waals surface area contributed by atoms with E-state index in [4.69, 9.17) is 0 Å². The molecular formula is C17H24O4. The molecule has 0 saturated heterocycles. The molecule has 0 aliphatic heterocycles. The number of rotatable bonds is 8. The lowest BCUT2D eigenvalue weighted by atomic mass is 9.66. The van der Waals surface area contributed by atoms with E-state index in [1.807, 2.05) is 44.2 Å². The molecule has 4 nitrogen and oxygen atoms in total. The Bertz CT molecular complexity index is 465. The van der Waals surface area contributed by atoms with E-state index in [0.717, 1.165) is 5.56 Å². The van der Waals surface area contributed by atoms with Crippen LogP contribution in [0, 0.1) is 17.3 Å². The fraction of sp³-hybridized carbons (Fsp3) is 0.529. The van der Waals surface area contributed by atoms with Gasteiger partial charge in [-0.25, -0.2) is 0 Å². The lowest BCUT2D eigenvalue weighted by Gasteiger charge is -2.35. The first-order valence-electron chi connectivity index (χ1n) is 7.37. The van der Waals surface area contributed by atoms with Crippen LogP contribution >= 0.6 is 0 Å². The molecule has 116 valence electrons. The van der Waals surface area contributed by atoms with E-state index in [2.05, 4.69) is 0 Å². The second kappa shape index (κ2) is 7.25. The molecular weight excluding hydrogens is 268 g/mol. The Morgan fingerprint density at radius 1 is 1.10 bits per heavy atom. The molecule has 1 unspecified atom stereocenters. The average molecular weight is 292 g/mol. The van der Waals surface area contributed by atoms with E-state index in [0.29, 0.717) is 12.8 Å². The lowest BCUT2D eigenvalue weighted by molar-refractivity contribution is -0.171. The van der Waals surface area contributed by atoms with Crippen molar-refractivity contribution in [1.82, 2.24) is 0 Å². The van der Waals surface area contributed by atoms with Gasteiger partial charge in [0.15, 0.2) is 5.41 Å². The molecule has 0 spiro atoms. The van der Waals surface area contributed by atoms with Crippen molar-refractivity contribution in [3.63, 3.8) is 0 Å². The fourth-order valence-electron chi connectivity index (χ4n) is 3.09. The summed E-state index contributed by atoms with van der Waals surface area (Å²) in [4.78, 5) is 23.3. The highest BCUT2D eigenvalue weighted by molar-refractivity contribution is 5.98. The van der Waals surface area contributed by atoms with Gasteiger partial charge in [-0.1, -0.05) is 51.1 Å². The van der Waals surface area contributed by atoms with E-state index >= 15 is 0 Å². The van der Waals surface area contributed by atoms with Crippen molar-refractivity contribution >= 4 is 11.9 Å². The van der Waals surface area contributed by atoms with Crippen molar-refractivity contribution in [3.05, 3.63) is 35.9 Å². The second-order valence-electron chi connectivity index (χ2n) is 5.81. The van der Waals surface area contributed by atoms with Crippen LogP contribution in [0.15, 0.2) is 30.3 Å². The quantitative estimate of drug-likeness (QED) is 0.720. The highest BCUT2D eigenvalue weighted by atomic mass is 16.4.